The van der Waals surface area contributed by atoms with Crippen LogP contribution in [0, 0.1) is 0 Å². The fourth-order valence-corrected chi connectivity index (χ4v) is 1.91. The number of phenolic OH excluding ortho intramolecular Hbond substituents is 2. The van der Waals surface area contributed by atoms with E-state index in [0.717, 1.165) is 11.3 Å². The van der Waals surface area contributed by atoms with Gasteiger partial charge in [-0.2, -0.15) is 0 Å². The Morgan fingerprint density at radius 1 is 1.11 bits per heavy atom. The van der Waals surface area contributed by atoms with Gasteiger partial charge in [0.05, 0.1) is 12.6 Å². The van der Waals surface area contributed by atoms with Crippen LogP contribution in [0.5, 0.6) is 17.2 Å². The normalized spacial score (nSPS) is 12.1. The van der Waals surface area contributed by atoms with Gasteiger partial charge in [-0.15, -0.1) is 0 Å². The molecule has 0 saturated carbocycles. The van der Waals surface area contributed by atoms with E-state index < -0.39 is 6.04 Å². The Morgan fingerprint density at radius 3 is 2.37 bits per heavy atom. The highest BCUT2D eigenvalue weighted by Crippen LogP contribution is 2.30. The summed E-state index contributed by atoms with van der Waals surface area (Å²) in [6, 6.07) is 11.4. The summed E-state index contributed by atoms with van der Waals surface area (Å²) in [5.74, 6) is 0.787. The summed E-state index contributed by atoms with van der Waals surface area (Å²) in [6.07, 6.45) is 0. The van der Waals surface area contributed by atoms with Gasteiger partial charge in [-0.3, -0.25) is 0 Å². The van der Waals surface area contributed by atoms with Crippen molar-refractivity contribution in [3.8, 4) is 17.2 Å². The average Bonchev–Trinajstić information content (AvgIpc) is 2.39. The first-order valence-electron chi connectivity index (χ1n) is 6.12. The number of ether oxygens (including phenoxy) is 1. The average molecular weight is 259 g/mol. The largest absolute Gasteiger partial charge is 0.508 e. The predicted octanol–water partition coefficient (Wildman–Crippen LogP) is 2.54. The van der Waals surface area contributed by atoms with Gasteiger partial charge in [0.15, 0.2) is 0 Å². The molecular formula is C15H17NO3. The molecule has 0 bridgehead atoms. The number of hydrogen-bond acceptors (Lipinski definition) is 4. The van der Waals surface area contributed by atoms with E-state index in [1.807, 2.05) is 31.2 Å². The number of hydrogen-bond donors (Lipinski definition) is 3. The summed E-state index contributed by atoms with van der Waals surface area (Å²) in [4.78, 5) is 0. The Bertz CT molecular complexity index is 552. The van der Waals surface area contributed by atoms with Crippen LogP contribution in [0.25, 0.3) is 0 Å². The molecule has 4 nitrogen and oxygen atoms in total. The Kier molecular flexibility index (Phi) is 3.92. The lowest BCUT2D eigenvalue weighted by atomic mass is 9.98. The molecule has 0 radical (unpaired) electrons. The Balaban J connectivity index is 2.25. The molecule has 100 valence electrons. The third kappa shape index (κ3) is 2.98. The summed E-state index contributed by atoms with van der Waals surface area (Å²) in [7, 11) is 0. The minimum Gasteiger partial charge on any atom is -0.508 e. The van der Waals surface area contributed by atoms with Crippen LogP contribution in [0.15, 0.2) is 42.5 Å². The van der Waals surface area contributed by atoms with E-state index in [-0.39, 0.29) is 11.5 Å². The van der Waals surface area contributed by atoms with E-state index in [4.69, 9.17) is 10.5 Å². The van der Waals surface area contributed by atoms with Gasteiger partial charge in [0.2, 0.25) is 0 Å². The molecule has 19 heavy (non-hydrogen) atoms. The number of benzene rings is 2. The van der Waals surface area contributed by atoms with E-state index in [1.54, 1.807) is 6.07 Å². The zero-order chi connectivity index (χ0) is 13.8. The molecule has 1 unspecified atom stereocenters. The van der Waals surface area contributed by atoms with Crippen molar-refractivity contribution < 1.29 is 14.9 Å². The molecule has 0 aliphatic carbocycles. The second-order valence-corrected chi connectivity index (χ2v) is 4.22. The molecule has 0 saturated heterocycles. The monoisotopic (exact) mass is 259 g/mol. The molecule has 4 N–H and O–H groups in total. The molecule has 1 atom stereocenters. The van der Waals surface area contributed by atoms with E-state index in [0.29, 0.717) is 12.2 Å². The van der Waals surface area contributed by atoms with E-state index in [2.05, 4.69) is 0 Å². The molecule has 0 heterocycles. The zero-order valence-electron chi connectivity index (χ0n) is 10.7. The second kappa shape index (κ2) is 5.63. The minimum absolute atomic E-state index is 0.0126. The topological polar surface area (TPSA) is 75.7 Å². The third-order valence-corrected chi connectivity index (χ3v) is 2.90. The van der Waals surface area contributed by atoms with Crippen molar-refractivity contribution >= 4 is 0 Å². The molecule has 0 aromatic heterocycles. The fourth-order valence-electron chi connectivity index (χ4n) is 1.91. The van der Waals surface area contributed by atoms with Gasteiger partial charge in [-0.05, 0) is 36.8 Å². The lowest BCUT2D eigenvalue weighted by molar-refractivity contribution is 0.340. The van der Waals surface area contributed by atoms with E-state index in [1.165, 1.54) is 12.1 Å². The van der Waals surface area contributed by atoms with Crippen molar-refractivity contribution in [3.63, 3.8) is 0 Å². The van der Waals surface area contributed by atoms with Crippen LogP contribution in [0.2, 0.25) is 0 Å². The van der Waals surface area contributed by atoms with E-state index >= 15 is 0 Å². The Labute approximate surface area is 112 Å². The molecule has 0 spiro atoms. The van der Waals surface area contributed by atoms with Gasteiger partial charge >= 0.3 is 0 Å². The highest BCUT2D eigenvalue weighted by Gasteiger charge is 2.13. The van der Waals surface area contributed by atoms with Gasteiger partial charge in [0.1, 0.15) is 17.2 Å². The minimum atomic E-state index is -0.448. The van der Waals surface area contributed by atoms with Crippen molar-refractivity contribution in [1.82, 2.24) is 0 Å². The molecule has 2 aromatic rings. The maximum atomic E-state index is 9.80. The van der Waals surface area contributed by atoms with Crippen LogP contribution >= 0.6 is 0 Å². The lowest BCUT2D eigenvalue weighted by Gasteiger charge is -2.15. The second-order valence-electron chi connectivity index (χ2n) is 4.22. The highest BCUT2D eigenvalue weighted by atomic mass is 16.5. The summed E-state index contributed by atoms with van der Waals surface area (Å²) in [5.41, 5.74) is 7.55. The number of nitrogens with two attached hydrogens (primary N) is 1. The van der Waals surface area contributed by atoms with Gasteiger partial charge in [0, 0.05) is 11.6 Å². The number of aromatic hydroxyl groups is 2. The number of rotatable bonds is 4. The van der Waals surface area contributed by atoms with Gasteiger partial charge in [-0.1, -0.05) is 12.1 Å². The van der Waals surface area contributed by atoms with Crippen LogP contribution in [0.3, 0.4) is 0 Å². The first-order chi connectivity index (χ1) is 9.11. The predicted molar refractivity (Wildman–Crippen MR) is 73.4 cm³/mol. The molecule has 2 rings (SSSR count). The molecule has 0 aliphatic heterocycles. The number of phenols is 2. The lowest BCUT2D eigenvalue weighted by Crippen LogP contribution is -2.11. The van der Waals surface area contributed by atoms with Gasteiger partial charge < -0.3 is 20.7 Å². The summed E-state index contributed by atoms with van der Waals surface area (Å²) < 4.78 is 5.36. The third-order valence-electron chi connectivity index (χ3n) is 2.90. The maximum absolute atomic E-state index is 9.80. The van der Waals surface area contributed by atoms with Gasteiger partial charge in [-0.25, -0.2) is 0 Å². The summed E-state index contributed by atoms with van der Waals surface area (Å²) >= 11 is 0. The van der Waals surface area contributed by atoms with Crippen LogP contribution in [-0.4, -0.2) is 16.8 Å². The van der Waals surface area contributed by atoms with Crippen molar-refractivity contribution in [2.45, 2.75) is 13.0 Å². The van der Waals surface area contributed by atoms with Crippen LogP contribution < -0.4 is 10.5 Å². The van der Waals surface area contributed by atoms with Crippen molar-refractivity contribution in [3.05, 3.63) is 53.6 Å². The van der Waals surface area contributed by atoms with E-state index in [9.17, 15) is 10.2 Å². The Hall–Kier alpha value is -2.20. The van der Waals surface area contributed by atoms with Gasteiger partial charge in [0.25, 0.3) is 0 Å². The first-order valence-corrected chi connectivity index (χ1v) is 6.12. The highest BCUT2D eigenvalue weighted by molar-refractivity contribution is 5.45. The molecule has 0 fully saturated rings. The smallest absolute Gasteiger partial charge is 0.124 e. The van der Waals surface area contributed by atoms with Crippen molar-refractivity contribution in [2.24, 2.45) is 5.73 Å². The molecule has 4 heteroatoms. The van der Waals surface area contributed by atoms with Crippen LogP contribution in [0.4, 0.5) is 0 Å². The van der Waals surface area contributed by atoms with Crippen molar-refractivity contribution in [1.29, 1.82) is 0 Å². The first kappa shape index (κ1) is 13.2. The fraction of sp³-hybridized carbons (Fsp3) is 0.200. The SMILES string of the molecule is CCOc1ccc(C(N)c2ccc(O)cc2O)cc1. The molecule has 2 aromatic carbocycles. The summed E-state index contributed by atoms with van der Waals surface area (Å²) in [6.45, 7) is 2.54. The molecule has 0 aliphatic rings. The zero-order valence-corrected chi connectivity index (χ0v) is 10.7. The Morgan fingerprint density at radius 2 is 1.79 bits per heavy atom. The van der Waals surface area contributed by atoms with Crippen molar-refractivity contribution in [2.75, 3.05) is 6.61 Å². The standard InChI is InChI=1S/C15H17NO3/c1-2-19-12-6-3-10(4-7-12)15(16)13-8-5-11(17)9-14(13)18/h3-9,15,17-18H,2,16H2,1H3. The molecule has 0 amide bonds. The maximum Gasteiger partial charge on any atom is 0.124 e. The van der Waals surface area contributed by atoms with Crippen LogP contribution in [-0.2, 0) is 0 Å². The van der Waals surface area contributed by atoms with Crippen LogP contribution in [0.1, 0.15) is 24.1 Å². The quantitative estimate of drug-likeness (QED) is 0.788. The summed E-state index contributed by atoms with van der Waals surface area (Å²) in [5, 5.41) is 19.1. The molecular weight excluding hydrogens is 242 g/mol.